The maximum Gasteiger partial charge on any atom is 0.236 e. The molecule has 1 heterocycles. The van der Waals surface area contributed by atoms with Crippen LogP contribution < -0.4 is 5.32 Å². The summed E-state index contributed by atoms with van der Waals surface area (Å²) in [7, 11) is 0. The van der Waals surface area contributed by atoms with Gasteiger partial charge in [0.25, 0.3) is 0 Å². The largest absolute Gasteiger partial charge is 0.342 e. The van der Waals surface area contributed by atoms with Gasteiger partial charge in [0.1, 0.15) is 9.34 Å². The number of rotatable bonds is 6. The summed E-state index contributed by atoms with van der Waals surface area (Å²) in [5.74, 6) is 0.118. The Morgan fingerprint density at radius 1 is 1.56 bits per heavy atom. The summed E-state index contributed by atoms with van der Waals surface area (Å²) < 4.78 is 0.673. The number of nitrogens with zero attached hydrogens (tertiary/aromatic N) is 2. The normalized spacial score (nSPS) is 10.4. The predicted octanol–water partition coefficient (Wildman–Crippen LogP) is 1.75. The van der Waals surface area contributed by atoms with Crippen LogP contribution in [0, 0.1) is 0 Å². The smallest absolute Gasteiger partial charge is 0.236 e. The number of thiazole rings is 1. The van der Waals surface area contributed by atoms with Crippen molar-refractivity contribution in [2.75, 3.05) is 19.6 Å². The number of nitrogens with one attached hydrogen (secondary N) is 1. The van der Waals surface area contributed by atoms with Gasteiger partial charge in [-0.15, -0.1) is 11.3 Å². The fourth-order valence-corrected chi connectivity index (χ4v) is 2.26. The molecule has 0 radical (unpaired) electrons. The fraction of sp³-hybridized carbons (Fsp3) is 0.600. The highest BCUT2D eigenvalue weighted by atomic mass is 35.5. The molecule has 0 saturated carbocycles. The number of carbonyl (C=O) groups is 1. The first-order chi connectivity index (χ1) is 7.67. The van der Waals surface area contributed by atoms with Crippen molar-refractivity contribution in [1.82, 2.24) is 15.2 Å². The van der Waals surface area contributed by atoms with Gasteiger partial charge in [-0.3, -0.25) is 4.79 Å². The summed E-state index contributed by atoms with van der Waals surface area (Å²) >= 11 is 7.18. The Kier molecular flexibility index (Phi) is 5.73. The van der Waals surface area contributed by atoms with Crippen LogP contribution in [0.5, 0.6) is 0 Å². The van der Waals surface area contributed by atoms with Crippen LogP contribution in [0.3, 0.4) is 0 Å². The minimum Gasteiger partial charge on any atom is -0.342 e. The van der Waals surface area contributed by atoms with Gasteiger partial charge in [-0.05, 0) is 13.8 Å². The van der Waals surface area contributed by atoms with Crippen LogP contribution >= 0.6 is 22.9 Å². The molecule has 1 amide bonds. The first-order valence-electron chi connectivity index (χ1n) is 5.26. The van der Waals surface area contributed by atoms with Gasteiger partial charge in [-0.25, -0.2) is 4.98 Å². The Morgan fingerprint density at radius 2 is 2.25 bits per heavy atom. The highest BCUT2D eigenvalue weighted by molar-refractivity contribution is 7.15. The van der Waals surface area contributed by atoms with Crippen molar-refractivity contribution in [3.05, 3.63) is 15.5 Å². The lowest BCUT2D eigenvalue weighted by molar-refractivity contribution is -0.129. The molecule has 6 heteroatoms. The number of likely N-dealkylation sites (N-methyl/N-ethyl adjacent to an activating group) is 1. The van der Waals surface area contributed by atoms with E-state index < -0.39 is 0 Å². The molecular formula is C10H16ClN3OS. The van der Waals surface area contributed by atoms with Crippen LogP contribution in [0.4, 0.5) is 0 Å². The number of aromatic nitrogens is 1. The van der Waals surface area contributed by atoms with E-state index in [0.717, 1.165) is 18.1 Å². The van der Waals surface area contributed by atoms with Gasteiger partial charge in [-0.1, -0.05) is 11.6 Å². The van der Waals surface area contributed by atoms with Crippen molar-refractivity contribution >= 4 is 28.8 Å². The van der Waals surface area contributed by atoms with E-state index in [1.807, 2.05) is 13.8 Å². The SMILES string of the molecule is CCN(CC)C(=O)CNCc1ncc(Cl)s1. The van der Waals surface area contributed by atoms with Gasteiger partial charge < -0.3 is 10.2 Å². The van der Waals surface area contributed by atoms with E-state index in [-0.39, 0.29) is 5.91 Å². The van der Waals surface area contributed by atoms with Crippen molar-refractivity contribution in [1.29, 1.82) is 0 Å². The molecule has 0 aromatic carbocycles. The molecule has 1 rings (SSSR count). The second-order valence-electron chi connectivity index (χ2n) is 3.23. The number of hydrogen-bond acceptors (Lipinski definition) is 4. The lowest BCUT2D eigenvalue weighted by Gasteiger charge is -2.18. The molecule has 0 aliphatic heterocycles. The molecule has 1 aromatic rings. The van der Waals surface area contributed by atoms with Gasteiger partial charge in [0.2, 0.25) is 5.91 Å². The maximum atomic E-state index is 11.6. The number of hydrogen-bond donors (Lipinski definition) is 1. The molecular weight excluding hydrogens is 246 g/mol. The monoisotopic (exact) mass is 261 g/mol. The van der Waals surface area contributed by atoms with E-state index in [1.54, 1.807) is 11.1 Å². The zero-order valence-electron chi connectivity index (χ0n) is 9.49. The van der Waals surface area contributed by atoms with E-state index in [4.69, 9.17) is 11.6 Å². The number of amides is 1. The molecule has 0 spiro atoms. The Bertz CT molecular complexity index is 339. The van der Waals surface area contributed by atoms with Crippen LogP contribution in [0.1, 0.15) is 18.9 Å². The molecule has 16 heavy (non-hydrogen) atoms. The molecule has 0 saturated heterocycles. The quantitative estimate of drug-likeness (QED) is 0.849. The van der Waals surface area contributed by atoms with Crippen LogP contribution in [0.15, 0.2) is 6.20 Å². The summed E-state index contributed by atoms with van der Waals surface area (Å²) in [6.45, 7) is 6.38. The third kappa shape index (κ3) is 4.08. The Labute approximate surface area is 105 Å². The molecule has 1 aromatic heterocycles. The molecule has 4 nitrogen and oxygen atoms in total. The Balaban J connectivity index is 2.27. The van der Waals surface area contributed by atoms with Crippen molar-refractivity contribution in [2.24, 2.45) is 0 Å². The minimum absolute atomic E-state index is 0.118. The highest BCUT2D eigenvalue weighted by Crippen LogP contribution is 2.17. The molecule has 0 aliphatic carbocycles. The van der Waals surface area contributed by atoms with Crippen molar-refractivity contribution < 1.29 is 4.79 Å². The van der Waals surface area contributed by atoms with E-state index in [9.17, 15) is 4.79 Å². The van der Waals surface area contributed by atoms with Gasteiger partial charge in [0.15, 0.2) is 0 Å². The van der Waals surface area contributed by atoms with E-state index >= 15 is 0 Å². The van der Waals surface area contributed by atoms with Crippen LogP contribution in [-0.2, 0) is 11.3 Å². The van der Waals surface area contributed by atoms with Gasteiger partial charge in [-0.2, -0.15) is 0 Å². The zero-order chi connectivity index (χ0) is 12.0. The van der Waals surface area contributed by atoms with Gasteiger partial charge in [0.05, 0.1) is 12.7 Å². The number of halogens is 1. The second kappa shape index (κ2) is 6.83. The van der Waals surface area contributed by atoms with Crippen molar-refractivity contribution in [3.8, 4) is 0 Å². The first-order valence-corrected chi connectivity index (χ1v) is 6.45. The summed E-state index contributed by atoms with van der Waals surface area (Å²) in [5.41, 5.74) is 0. The van der Waals surface area contributed by atoms with Gasteiger partial charge in [0, 0.05) is 19.6 Å². The third-order valence-electron chi connectivity index (χ3n) is 2.19. The predicted molar refractivity (Wildman–Crippen MR) is 66.8 cm³/mol. The molecule has 0 unspecified atom stereocenters. The van der Waals surface area contributed by atoms with Crippen LogP contribution in [0.25, 0.3) is 0 Å². The standard InChI is InChI=1S/C10H16ClN3OS/c1-3-14(4-2)10(15)7-12-6-9-13-5-8(11)16-9/h5,12H,3-4,6-7H2,1-2H3. The lowest BCUT2D eigenvalue weighted by atomic mass is 10.4. The average Bonchev–Trinajstić information content (AvgIpc) is 2.66. The molecule has 1 N–H and O–H groups in total. The first kappa shape index (κ1) is 13.4. The van der Waals surface area contributed by atoms with E-state index in [2.05, 4.69) is 10.3 Å². The molecule has 0 aliphatic rings. The summed E-state index contributed by atoms with van der Waals surface area (Å²) in [5, 5.41) is 3.96. The molecule has 0 bridgehead atoms. The van der Waals surface area contributed by atoms with Crippen LogP contribution in [0.2, 0.25) is 4.34 Å². The maximum absolute atomic E-state index is 11.6. The molecule has 0 atom stereocenters. The summed E-state index contributed by atoms with van der Waals surface area (Å²) in [6.07, 6.45) is 1.62. The lowest BCUT2D eigenvalue weighted by Crippen LogP contribution is -2.37. The topological polar surface area (TPSA) is 45.2 Å². The Hall–Kier alpha value is -0.650. The highest BCUT2D eigenvalue weighted by Gasteiger charge is 2.08. The fourth-order valence-electron chi connectivity index (χ4n) is 1.33. The summed E-state index contributed by atoms with van der Waals surface area (Å²) in [4.78, 5) is 17.5. The third-order valence-corrected chi connectivity index (χ3v) is 3.31. The van der Waals surface area contributed by atoms with Crippen molar-refractivity contribution in [3.63, 3.8) is 0 Å². The zero-order valence-corrected chi connectivity index (χ0v) is 11.1. The van der Waals surface area contributed by atoms with Crippen LogP contribution in [-0.4, -0.2) is 35.4 Å². The minimum atomic E-state index is 0.118. The van der Waals surface area contributed by atoms with E-state index in [1.165, 1.54) is 11.3 Å². The molecule has 90 valence electrons. The Morgan fingerprint density at radius 3 is 2.75 bits per heavy atom. The van der Waals surface area contributed by atoms with Crippen molar-refractivity contribution in [2.45, 2.75) is 20.4 Å². The van der Waals surface area contributed by atoms with Gasteiger partial charge >= 0.3 is 0 Å². The second-order valence-corrected chi connectivity index (χ2v) is 4.97. The summed E-state index contributed by atoms with van der Waals surface area (Å²) in [6, 6.07) is 0. The van der Waals surface area contributed by atoms with E-state index in [0.29, 0.717) is 17.4 Å². The molecule has 0 fully saturated rings. The number of carbonyl (C=O) groups excluding carboxylic acids is 1. The average molecular weight is 262 g/mol.